The molecule has 0 bridgehead atoms. The van der Waals surface area contributed by atoms with Crippen molar-refractivity contribution in [3.63, 3.8) is 0 Å². The van der Waals surface area contributed by atoms with Crippen molar-refractivity contribution in [1.82, 2.24) is 4.57 Å². The maximum Gasteiger partial charge on any atom is 0.0720 e. The summed E-state index contributed by atoms with van der Waals surface area (Å²) >= 11 is 1.90. The van der Waals surface area contributed by atoms with Crippen molar-refractivity contribution >= 4 is 64.1 Å². The molecule has 0 saturated heterocycles. The zero-order valence-corrected chi connectivity index (χ0v) is 23.5. The van der Waals surface area contributed by atoms with Gasteiger partial charge in [-0.05, 0) is 56.8 Å². The zero-order valence-electron chi connectivity index (χ0n) is 22.6. The van der Waals surface area contributed by atoms with Gasteiger partial charge in [0.05, 0.1) is 21.4 Å². The molecule has 2 heterocycles. The number of thiophene rings is 1. The lowest BCUT2D eigenvalue weighted by Gasteiger charge is -2.16. The van der Waals surface area contributed by atoms with Crippen molar-refractivity contribution in [3.05, 3.63) is 140 Å². The summed E-state index contributed by atoms with van der Waals surface area (Å²) in [6.45, 7) is 0. The van der Waals surface area contributed by atoms with E-state index >= 15 is 0 Å². The van der Waals surface area contributed by atoms with Gasteiger partial charge in [-0.25, -0.2) is 0 Å². The molecule has 2 heteroatoms. The summed E-state index contributed by atoms with van der Waals surface area (Å²) in [7, 11) is 0. The predicted octanol–water partition coefficient (Wildman–Crippen LogP) is 11.6. The summed E-state index contributed by atoms with van der Waals surface area (Å²) in [5, 5.41) is 7.92. The molecule has 2 aromatic heterocycles. The van der Waals surface area contributed by atoms with E-state index in [0.717, 1.165) is 0 Å². The Kier molecular flexibility index (Phi) is 4.39. The second-order valence-corrected chi connectivity index (χ2v) is 12.3. The van der Waals surface area contributed by atoms with Gasteiger partial charge in [0.15, 0.2) is 0 Å². The first kappa shape index (κ1) is 22.5. The van der Waals surface area contributed by atoms with Crippen LogP contribution >= 0.6 is 11.3 Å². The molecule has 7 aromatic carbocycles. The lowest BCUT2D eigenvalue weighted by molar-refractivity contribution is 1.19. The molecule has 0 saturated carbocycles. The van der Waals surface area contributed by atoms with Crippen LogP contribution in [0.15, 0.2) is 140 Å². The normalized spacial score (nSPS) is 12.3. The maximum atomic E-state index is 2.52. The number of para-hydroxylation sites is 2. The Hall–Kier alpha value is -5.18. The molecular formula is C40H23NS. The third-order valence-corrected chi connectivity index (χ3v) is 10.4. The number of rotatable bonds is 2. The number of aromatic nitrogens is 1. The second-order valence-electron chi connectivity index (χ2n) is 11.2. The molecule has 9 aromatic rings. The van der Waals surface area contributed by atoms with Crippen LogP contribution in [0.3, 0.4) is 0 Å². The zero-order chi connectivity index (χ0) is 27.4. The lowest BCUT2D eigenvalue weighted by Crippen LogP contribution is -1.97. The van der Waals surface area contributed by atoms with E-state index in [0.29, 0.717) is 0 Å². The summed E-state index contributed by atoms with van der Waals surface area (Å²) in [6, 6.07) is 51.6. The fraction of sp³-hybridized carbons (Fsp3) is 0. The monoisotopic (exact) mass is 549 g/mol. The van der Waals surface area contributed by atoms with Gasteiger partial charge in [0.1, 0.15) is 0 Å². The first-order valence-electron chi connectivity index (χ1n) is 14.5. The molecule has 1 nitrogen and oxygen atoms in total. The number of hydrogen-bond acceptors (Lipinski definition) is 1. The van der Waals surface area contributed by atoms with Crippen molar-refractivity contribution in [2.75, 3.05) is 0 Å². The highest BCUT2D eigenvalue weighted by Crippen LogP contribution is 2.50. The summed E-state index contributed by atoms with van der Waals surface area (Å²) in [5.74, 6) is 0. The van der Waals surface area contributed by atoms with Gasteiger partial charge in [0, 0.05) is 31.8 Å². The number of hydrogen-bond donors (Lipinski definition) is 0. The molecule has 1 aliphatic carbocycles. The van der Waals surface area contributed by atoms with Crippen LogP contribution in [-0.2, 0) is 0 Å². The second kappa shape index (κ2) is 8.19. The molecule has 0 unspecified atom stereocenters. The van der Waals surface area contributed by atoms with Crippen molar-refractivity contribution in [2.45, 2.75) is 0 Å². The highest BCUT2D eigenvalue weighted by molar-refractivity contribution is 7.26. The lowest BCUT2D eigenvalue weighted by atomic mass is 9.93. The number of benzene rings is 7. The molecule has 0 amide bonds. The van der Waals surface area contributed by atoms with Gasteiger partial charge in [-0.2, -0.15) is 0 Å². The largest absolute Gasteiger partial charge is 0.307 e. The van der Waals surface area contributed by atoms with E-state index in [1.165, 1.54) is 91.8 Å². The summed E-state index contributed by atoms with van der Waals surface area (Å²) in [4.78, 5) is 0. The molecular weight excluding hydrogens is 527 g/mol. The molecule has 0 N–H and O–H groups in total. The topological polar surface area (TPSA) is 4.93 Å². The number of fused-ring (bicyclic) bond motifs is 10. The minimum Gasteiger partial charge on any atom is -0.307 e. The third kappa shape index (κ3) is 2.82. The van der Waals surface area contributed by atoms with Gasteiger partial charge in [0.25, 0.3) is 0 Å². The molecule has 0 spiro atoms. The highest BCUT2D eigenvalue weighted by atomic mass is 32.1. The van der Waals surface area contributed by atoms with Crippen molar-refractivity contribution in [1.29, 1.82) is 0 Å². The molecule has 194 valence electrons. The molecule has 0 aliphatic heterocycles. The Labute approximate surface area is 246 Å². The van der Waals surface area contributed by atoms with Crippen molar-refractivity contribution < 1.29 is 0 Å². The van der Waals surface area contributed by atoms with Gasteiger partial charge in [-0.3, -0.25) is 0 Å². The first-order chi connectivity index (χ1) is 20.9. The minimum absolute atomic E-state index is 1.21. The fourth-order valence-electron chi connectivity index (χ4n) is 7.42. The molecule has 0 fully saturated rings. The Morgan fingerprint density at radius 3 is 1.88 bits per heavy atom. The van der Waals surface area contributed by atoms with E-state index in [-0.39, 0.29) is 0 Å². The molecule has 10 rings (SSSR count). The van der Waals surface area contributed by atoms with Crippen molar-refractivity contribution in [2.24, 2.45) is 0 Å². The average Bonchev–Trinajstić information content (AvgIpc) is 3.70. The molecule has 0 atom stereocenters. The van der Waals surface area contributed by atoms with Crippen LogP contribution in [0.25, 0.3) is 91.8 Å². The average molecular weight is 550 g/mol. The Balaban J connectivity index is 1.34. The third-order valence-electron chi connectivity index (χ3n) is 9.16. The van der Waals surface area contributed by atoms with Gasteiger partial charge >= 0.3 is 0 Å². The van der Waals surface area contributed by atoms with E-state index in [9.17, 15) is 0 Å². The summed E-state index contributed by atoms with van der Waals surface area (Å²) in [5.41, 5.74) is 11.6. The minimum atomic E-state index is 1.21. The van der Waals surface area contributed by atoms with Crippen LogP contribution in [0.5, 0.6) is 0 Å². The Morgan fingerprint density at radius 1 is 0.381 bits per heavy atom. The summed E-state index contributed by atoms with van der Waals surface area (Å²) < 4.78 is 5.20. The molecule has 0 radical (unpaired) electrons. The molecule has 42 heavy (non-hydrogen) atoms. The molecule has 1 aliphatic rings. The van der Waals surface area contributed by atoms with Crippen LogP contribution in [0.4, 0.5) is 0 Å². The fourth-order valence-corrected chi connectivity index (χ4v) is 8.66. The van der Waals surface area contributed by atoms with E-state index in [4.69, 9.17) is 0 Å². The van der Waals surface area contributed by atoms with Gasteiger partial charge in [0.2, 0.25) is 0 Å². The standard InChI is InChI=1S/C40H23NS/c1-2-11-25-24(10-1)30-15-9-16-31-26(20-21-32(25)38(30)31)27-12-3-6-17-35(27)41-36-18-7-4-13-28(36)33-22-23-34-29-14-5-8-19-37(29)42-40(34)39(33)41/h1-23H. The van der Waals surface area contributed by atoms with E-state index in [2.05, 4.69) is 144 Å². The van der Waals surface area contributed by atoms with Gasteiger partial charge in [-0.15, -0.1) is 11.3 Å². The Bertz CT molecular complexity index is 2550. The first-order valence-corrected chi connectivity index (χ1v) is 15.3. The maximum absolute atomic E-state index is 2.52. The predicted molar refractivity (Wildman–Crippen MR) is 181 cm³/mol. The Morgan fingerprint density at radius 2 is 1.00 bits per heavy atom. The SMILES string of the molecule is c1ccc2c(c1)-c1cccc3c(-c4ccccc4-n4c5ccccc5c5ccc6c7ccccc7sc6c54)ccc-2c13. The van der Waals surface area contributed by atoms with Crippen LogP contribution in [0.1, 0.15) is 0 Å². The van der Waals surface area contributed by atoms with Gasteiger partial charge < -0.3 is 4.57 Å². The van der Waals surface area contributed by atoms with Crippen LogP contribution in [-0.4, -0.2) is 4.57 Å². The summed E-state index contributed by atoms with van der Waals surface area (Å²) in [6.07, 6.45) is 0. The van der Waals surface area contributed by atoms with Crippen LogP contribution < -0.4 is 0 Å². The quantitative estimate of drug-likeness (QED) is 0.202. The number of nitrogens with zero attached hydrogens (tertiary/aromatic N) is 1. The van der Waals surface area contributed by atoms with E-state index in [1.54, 1.807) is 0 Å². The van der Waals surface area contributed by atoms with E-state index < -0.39 is 0 Å². The van der Waals surface area contributed by atoms with Gasteiger partial charge in [-0.1, -0.05) is 121 Å². The van der Waals surface area contributed by atoms with E-state index in [1.807, 2.05) is 11.3 Å². The van der Waals surface area contributed by atoms with Crippen molar-refractivity contribution in [3.8, 4) is 39.1 Å². The van der Waals surface area contributed by atoms with Crippen LogP contribution in [0, 0.1) is 0 Å². The smallest absolute Gasteiger partial charge is 0.0720 e. The highest BCUT2D eigenvalue weighted by Gasteiger charge is 2.24. The van der Waals surface area contributed by atoms with Crippen LogP contribution in [0.2, 0.25) is 0 Å².